The third-order valence-electron chi connectivity index (χ3n) is 5.80. The smallest absolute Gasteiger partial charge is 0.254 e. The molecule has 8 heteroatoms. The van der Waals surface area contributed by atoms with Gasteiger partial charge in [0.25, 0.3) is 5.91 Å². The van der Waals surface area contributed by atoms with Crippen molar-refractivity contribution in [3.8, 4) is 0 Å². The molecule has 0 radical (unpaired) electrons. The fourth-order valence-electron chi connectivity index (χ4n) is 4.16. The Bertz CT molecular complexity index is 1220. The Morgan fingerprint density at radius 1 is 1.15 bits per heavy atom. The Balaban J connectivity index is 1.63. The summed E-state index contributed by atoms with van der Waals surface area (Å²) in [6, 6.07) is 18.1. The van der Waals surface area contributed by atoms with Crippen molar-refractivity contribution in [1.82, 2.24) is 14.5 Å². The zero-order chi connectivity index (χ0) is 24.0. The standard InChI is InChI=1S/C26H29N3O4S/c1-2-15-29-23(17-27-26(29)34(31,32)20-21-10-5-3-6-11-21)18-28(19-24-14-9-16-33-24)25(30)22-12-7-4-8-13-22/h2-8,10-13,17,24H,1,9,14-16,18-20H2/t24-/m1/s1. The molecule has 2 aromatic carbocycles. The molecule has 178 valence electrons. The van der Waals surface area contributed by atoms with Gasteiger partial charge in [-0.2, -0.15) is 0 Å². The van der Waals surface area contributed by atoms with Crippen LogP contribution in [0.2, 0.25) is 0 Å². The summed E-state index contributed by atoms with van der Waals surface area (Å²) in [6.07, 6.45) is 5.00. The average Bonchev–Trinajstić information content (AvgIpc) is 3.50. The van der Waals surface area contributed by atoms with Crippen molar-refractivity contribution >= 4 is 15.7 Å². The second-order valence-corrected chi connectivity index (χ2v) is 10.2. The van der Waals surface area contributed by atoms with Gasteiger partial charge in [-0.1, -0.05) is 54.6 Å². The number of carbonyl (C=O) groups excluding carboxylic acids is 1. The number of sulfone groups is 1. The van der Waals surface area contributed by atoms with Gasteiger partial charge in [-0.3, -0.25) is 4.79 Å². The monoisotopic (exact) mass is 479 g/mol. The predicted octanol–water partition coefficient (Wildman–Crippen LogP) is 3.86. The summed E-state index contributed by atoms with van der Waals surface area (Å²) in [4.78, 5) is 19.3. The molecule has 34 heavy (non-hydrogen) atoms. The Hall–Kier alpha value is -3.23. The molecule has 0 bridgehead atoms. The lowest BCUT2D eigenvalue weighted by Gasteiger charge is -2.26. The number of benzene rings is 2. The van der Waals surface area contributed by atoms with Gasteiger partial charge in [-0.25, -0.2) is 13.4 Å². The van der Waals surface area contributed by atoms with E-state index in [2.05, 4.69) is 11.6 Å². The molecule has 1 atom stereocenters. The van der Waals surface area contributed by atoms with Crippen LogP contribution in [0.5, 0.6) is 0 Å². The Labute approximate surface area is 200 Å². The number of aromatic nitrogens is 2. The Morgan fingerprint density at radius 2 is 1.85 bits per heavy atom. The summed E-state index contributed by atoms with van der Waals surface area (Å²) in [5, 5.41) is -0.0181. The summed E-state index contributed by atoms with van der Waals surface area (Å²) in [7, 11) is -3.70. The highest BCUT2D eigenvalue weighted by atomic mass is 32.2. The zero-order valence-electron chi connectivity index (χ0n) is 19.0. The molecule has 1 fully saturated rings. The van der Waals surface area contributed by atoms with Gasteiger partial charge in [0.05, 0.1) is 30.3 Å². The van der Waals surface area contributed by atoms with Crippen molar-refractivity contribution in [3.05, 3.63) is 96.3 Å². The van der Waals surface area contributed by atoms with E-state index in [1.165, 1.54) is 0 Å². The van der Waals surface area contributed by atoms with E-state index in [9.17, 15) is 13.2 Å². The summed E-state index contributed by atoms with van der Waals surface area (Å²) in [5.74, 6) is -0.277. The third-order valence-corrected chi connectivity index (χ3v) is 7.40. The molecule has 4 rings (SSSR count). The van der Waals surface area contributed by atoms with Gasteiger partial charge in [-0.15, -0.1) is 6.58 Å². The lowest BCUT2D eigenvalue weighted by Crippen LogP contribution is -2.37. The van der Waals surface area contributed by atoms with Crippen LogP contribution in [0.4, 0.5) is 0 Å². The molecule has 3 aromatic rings. The van der Waals surface area contributed by atoms with Crippen LogP contribution in [0.25, 0.3) is 0 Å². The number of ether oxygens (including phenoxy) is 1. The second kappa shape index (κ2) is 10.8. The first-order valence-electron chi connectivity index (χ1n) is 11.4. The SMILES string of the molecule is C=CCn1c(CN(C[C@H]2CCCO2)C(=O)c2ccccc2)cnc1S(=O)(=O)Cc1ccccc1. The number of carbonyl (C=O) groups is 1. The number of nitrogens with zero attached hydrogens (tertiary/aromatic N) is 3. The topological polar surface area (TPSA) is 81.5 Å². The predicted molar refractivity (Wildman–Crippen MR) is 130 cm³/mol. The van der Waals surface area contributed by atoms with Crippen LogP contribution >= 0.6 is 0 Å². The number of allylic oxidation sites excluding steroid dienone is 1. The first-order valence-corrected chi connectivity index (χ1v) is 13.0. The van der Waals surface area contributed by atoms with Crippen LogP contribution < -0.4 is 0 Å². The molecule has 2 heterocycles. The number of hydrogen-bond donors (Lipinski definition) is 0. The van der Waals surface area contributed by atoms with E-state index < -0.39 is 9.84 Å². The van der Waals surface area contributed by atoms with Gasteiger partial charge in [0.1, 0.15) is 0 Å². The van der Waals surface area contributed by atoms with Crippen LogP contribution in [-0.4, -0.2) is 48.0 Å². The van der Waals surface area contributed by atoms with Gasteiger partial charge in [0, 0.05) is 25.3 Å². The minimum atomic E-state index is -3.70. The average molecular weight is 480 g/mol. The summed E-state index contributed by atoms with van der Waals surface area (Å²) in [5.41, 5.74) is 1.90. The maximum atomic E-state index is 13.4. The van der Waals surface area contributed by atoms with Gasteiger partial charge < -0.3 is 14.2 Å². The van der Waals surface area contributed by atoms with Crippen molar-refractivity contribution in [2.45, 2.75) is 42.9 Å². The van der Waals surface area contributed by atoms with Crippen LogP contribution in [0.15, 0.2) is 84.7 Å². The van der Waals surface area contributed by atoms with Gasteiger partial charge in [0.15, 0.2) is 0 Å². The third kappa shape index (κ3) is 5.63. The molecular formula is C26H29N3O4S. The van der Waals surface area contributed by atoms with Gasteiger partial charge in [0.2, 0.25) is 15.0 Å². The van der Waals surface area contributed by atoms with Crippen LogP contribution in [0, 0.1) is 0 Å². The maximum absolute atomic E-state index is 13.4. The molecule has 0 unspecified atom stereocenters. The second-order valence-electron chi connectivity index (χ2n) is 8.36. The molecule has 1 aliphatic rings. The highest BCUT2D eigenvalue weighted by Crippen LogP contribution is 2.21. The van der Waals surface area contributed by atoms with Crippen molar-refractivity contribution in [2.75, 3.05) is 13.2 Å². The van der Waals surface area contributed by atoms with Crippen molar-refractivity contribution in [3.63, 3.8) is 0 Å². The molecular weight excluding hydrogens is 450 g/mol. The lowest BCUT2D eigenvalue weighted by atomic mass is 10.1. The number of imidazole rings is 1. The number of hydrogen-bond acceptors (Lipinski definition) is 5. The fourth-order valence-corrected chi connectivity index (χ4v) is 5.66. The highest BCUT2D eigenvalue weighted by Gasteiger charge is 2.27. The zero-order valence-corrected chi connectivity index (χ0v) is 19.9. The van der Waals surface area contributed by atoms with E-state index >= 15 is 0 Å². The highest BCUT2D eigenvalue weighted by molar-refractivity contribution is 7.90. The normalized spacial score (nSPS) is 15.8. The Kier molecular flexibility index (Phi) is 7.59. The number of rotatable bonds is 10. The molecule has 1 amide bonds. The Morgan fingerprint density at radius 3 is 2.50 bits per heavy atom. The maximum Gasteiger partial charge on any atom is 0.254 e. The van der Waals surface area contributed by atoms with Gasteiger partial charge >= 0.3 is 0 Å². The number of amides is 1. The van der Waals surface area contributed by atoms with E-state index in [4.69, 9.17) is 4.74 Å². The quantitative estimate of drug-likeness (QED) is 0.413. The van der Waals surface area contributed by atoms with Crippen LogP contribution in [0.1, 0.15) is 34.5 Å². The molecule has 1 aliphatic heterocycles. The van der Waals surface area contributed by atoms with E-state index in [0.29, 0.717) is 30.0 Å². The lowest BCUT2D eigenvalue weighted by molar-refractivity contribution is 0.0502. The van der Waals surface area contributed by atoms with Crippen LogP contribution in [-0.2, 0) is 33.4 Å². The van der Waals surface area contributed by atoms with E-state index in [0.717, 1.165) is 12.8 Å². The van der Waals surface area contributed by atoms with Crippen LogP contribution in [0.3, 0.4) is 0 Å². The van der Waals surface area contributed by atoms with Gasteiger partial charge in [-0.05, 0) is 30.5 Å². The first-order chi connectivity index (χ1) is 16.5. The minimum absolute atomic E-state index is 0.0181. The first kappa shape index (κ1) is 23.9. The molecule has 1 aromatic heterocycles. The largest absolute Gasteiger partial charge is 0.376 e. The van der Waals surface area contributed by atoms with Crippen molar-refractivity contribution < 1.29 is 17.9 Å². The molecule has 0 spiro atoms. The molecule has 0 N–H and O–H groups in total. The molecule has 0 aliphatic carbocycles. The van der Waals surface area contributed by atoms with Crippen molar-refractivity contribution in [1.29, 1.82) is 0 Å². The minimum Gasteiger partial charge on any atom is -0.376 e. The molecule has 1 saturated heterocycles. The molecule has 0 saturated carbocycles. The van der Waals surface area contributed by atoms with E-state index in [1.54, 1.807) is 46.0 Å². The molecule has 7 nitrogen and oxygen atoms in total. The summed E-state index contributed by atoms with van der Waals surface area (Å²) < 4.78 is 33.8. The summed E-state index contributed by atoms with van der Waals surface area (Å²) in [6.45, 7) is 5.39. The van der Waals surface area contributed by atoms with Crippen molar-refractivity contribution in [2.24, 2.45) is 0 Å². The van der Waals surface area contributed by atoms with E-state index in [1.807, 2.05) is 36.4 Å². The fraction of sp³-hybridized carbons (Fsp3) is 0.308. The van der Waals surface area contributed by atoms with E-state index in [-0.39, 0.29) is 36.0 Å². The summed E-state index contributed by atoms with van der Waals surface area (Å²) >= 11 is 0.